The van der Waals surface area contributed by atoms with Gasteiger partial charge in [0.05, 0.1) is 0 Å². The molecule has 1 aliphatic heterocycles. The second-order valence-corrected chi connectivity index (χ2v) is 5.88. The summed E-state index contributed by atoms with van der Waals surface area (Å²) in [6.45, 7) is 3.63. The molecule has 2 rings (SSSR count). The van der Waals surface area contributed by atoms with Crippen LogP contribution >= 0.6 is 0 Å². The fourth-order valence-corrected chi connectivity index (χ4v) is 2.67. The zero-order valence-corrected chi connectivity index (χ0v) is 14.1. The quantitative estimate of drug-likeness (QED) is 0.634. The number of hydrogen-bond donors (Lipinski definition) is 2. The molecule has 1 amide bonds. The molecule has 1 aromatic carbocycles. The third kappa shape index (κ3) is 4.91. The van der Waals surface area contributed by atoms with E-state index in [2.05, 4.69) is 15.6 Å². The van der Waals surface area contributed by atoms with Crippen LogP contribution in [0.1, 0.15) is 25.3 Å². The van der Waals surface area contributed by atoms with E-state index in [0.717, 1.165) is 12.5 Å². The highest BCUT2D eigenvalue weighted by molar-refractivity contribution is 5.81. The standard InChI is InChI=1S/C17H24F2N4O/c1-3-20-17(22-13-7-8-15(24)23(2)11-13)21-10-9-12-5-4-6-14(18)16(12)19/h4-6,13H,3,7-11H2,1-2H3,(H2,20,21,22). The second-order valence-electron chi connectivity index (χ2n) is 5.88. The maximum Gasteiger partial charge on any atom is 0.222 e. The number of guanidine groups is 1. The topological polar surface area (TPSA) is 56.7 Å². The second kappa shape index (κ2) is 8.61. The number of halogens is 2. The highest BCUT2D eigenvalue weighted by Crippen LogP contribution is 2.12. The van der Waals surface area contributed by atoms with Gasteiger partial charge in [-0.1, -0.05) is 12.1 Å². The fourth-order valence-electron chi connectivity index (χ4n) is 2.67. The summed E-state index contributed by atoms with van der Waals surface area (Å²) in [6, 6.07) is 4.30. The number of benzene rings is 1. The van der Waals surface area contributed by atoms with Crippen LogP contribution in [0.3, 0.4) is 0 Å². The number of amides is 1. The molecule has 5 nitrogen and oxygen atoms in total. The van der Waals surface area contributed by atoms with Crippen molar-refractivity contribution in [1.82, 2.24) is 15.5 Å². The first-order chi connectivity index (χ1) is 11.5. The molecule has 1 fully saturated rings. The number of nitrogens with one attached hydrogen (secondary N) is 2. The zero-order chi connectivity index (χ0) is 17.5. The van der Waals surface area contributed by atoms with E-state index in [1.807, 2.05) is 6.92 Å². The number of hydrogen-bond acceptors (Lipinski definition) is 2. The van der Waals surface area contributed by atoms with Gasteiger partial charge in [-0.25, -0.2) is 8.78 Å². The maximum atomic E-state index is 13.6. The van der Waals surface area contributed by atoms with E-state index in [1.165, 1.54) is 6.07 Å². The molecule has 0 aliphatic carbocycles. The molecule has 1 aromatic rings. The predicted octanol–water partition coefficient (Wildman–Crippen LogP) is 1.68. The Morgan fingerprint density at radius 3 is 2.92 bits per heavy atom. The van der Waals surface area contributed by atoms with Crippen LogP contribution in [-0.2, 0) is 11.2 Å². The number of nitrogens with zero attached hydrogens (tertiary/aromatic N) is 2. The Bertz CT molecular complexity index is 606. The van der Waals surface area contributed by atoms with Crippen LogP contribution in [0.2, 0.25) is 0 Å². The van der Waals surface area contributed by atoms with Crippen LogP contribution in [0, 0.1) is 11.6 Å². The van der Waals surface area contributed by atoms with Crippen molar-refractivity contribution in [1.29, 1.82) is 0 Å². The van der Waals surface area contributed by atoms with E-state index in [9.17, 15) is 13.6 Å². The van der Waals surface area contributed by atoms with E-state index in [1.54, 1.807) is 18.0 Å². The highest BCUT2D eigenvalue weighted by Gasteiger charge is 2.23. The van der Waals surface area contributed by atoms with E-state index < -0.39 is 11.6 Å². The van der Waals surface area contributed by atoms with Gasteiger partial charge in [0.15, 0.2) is 17.6 Å². The summed E-state index contributed by atoms with van der Waals surface area (Å²) in [5.41, 5.74) is 0.317. The lowest BCUT2D eigenvalue weighted by Gasteiger charge is -2.31. The first kappa shape index (κ1) is 18.2. The lowest BCUT2D eigenvalue weighted by Crippen LogP contribution is -2.51. The van der Waals surface area contributed by atoms with Crippen molar-refractivity contribution in [2.75, 3.05) is 26.7 Å². The third-order valence-corrected chi connectivity index (χ3v) is 3.99. The monoisotopic (exact) mass is 338 g/mol. The van der Waals surface area contributed by atoms with Crippen LogP contribution in [-0.4, -0.2) is 49.5 Å². The molecule has 132 valence electrons. The predicted molar refractivity (Wildman–Crippen MR) is 89.8 cm³/mol. The van der Waals surface area contributed by atoms with Crippen molar-refractivity contribution in [3.8, 4) is 0 Å². The maximum absolute atomic E-state index is 13.6. The van der Waals surface area contributed by atoms with Gasteiger partial charge in [0, 0.05) is 39.1 Å². The SMILES string of the molecule is CCNC(=NCCc1cccc(F)c1F)NC1CCC(=O)N(C)C1. The van der Waals surface area contributed by atoms with Crippen LogP contribution in [0.15, 0.2) is 23.2 Å². The summed E-state index contributed by atoms with van der Waals surface area (Å²) >= 11 is 0. The van der Waals surface area contributed by atoms with E-state index in [-0.39, 0.29) is 11.9 Å². The summed E-state index contributed by atoms with van der Waals surface area (Å²) in [5, 5.41) is 6.43. The summed E-state index contributed by atoms with van der Waals surface area (Å²) in [6.07, 6.45) is 1.59. The smallest absolute Gasteiger partial charge is 0.222 e. The van der Waals surface area contributed by atoms with Gasteiger partial charge in [0.25, 0.3) is 0 Å². The summed E-state index contributed by atoms with van der Waals surface area (Å²) < 4.78 is 26.8. The third-order valence-electron chi connectivity index (χ3n) is 3.99. The molecule has 0 bridgehead atoms. The number of piperidine rings is 1. The molecule has 0 spiro atoms. The van der Waals surface area contributed by atoms with Gasteiger partial charge in [-0.3, -0.25) is 9.79 Å². The van der Waals surface area contributed by atoms with Crippen molar-refractivity contribution in [2.45, 2.75) is 32.2 Å². The average Bonchev–Trinajstić information content (AvgIpc) is 2.55. The molecular weight excluding hydrogens is 314 g/mol. The first-order valence-electron chi connectivity index (χ1n) is 8.23. The van der Waals surface area contributed by atoms with Crippen molar-refractivity contribution >= 4 is 11.9 Å². The van der Waals surface area contributed by atoms with E-state index >= 15 is 0 Å². The lowest BCUT2D eigenvalue weighted by molar-refractivity contribution is -0.132. The van der Waals surface area contributed by atoms with E-state index in [0.29, 0.717) is 44.0 Å². The molecular formula is C17H24F2N4O. The molecule has 0 saturated carbocycles. The molecule has 7 heteroatoms. The molecule has 24 heavy (non-hydrogen) atoms. The van der Waals surface area contributed by atoms with Gasteiger partial charge in [-0.15, -0.1) is 0 Å². The minimum Gasteiger partial charge on any atom is -0.357 e. The molecule has 0 radical (unpaired) electrons. The molecule has 1 heterocycles. The van der Waals surface area contributed by atoms with Crippen molar-refractivity contribution < 1.29 is 13.6 Å². The van der Waals surface area contributed by atoms with Crippen molar-refractivity contribution in [3.05, 3.63) is 35.4 Å². The zero-order valence-electron chi connectivity index (χ0n) is 14.1. The van der Waals surface area contributed by atoms with Crippen LogP contribution in [0.25, 0.3) is 0 Å². The van der Waals surface area contributed by atoms with Gasteiger partial charge in [-0.05, 0) is 31.4 Å². The Balaban J connectivity index is 1.93. The molecule has 2 N–H and O–H groups in total. The molecule has 1 unspecified atom stereocenters. The largest absolute Gasteiger partial charge is 0.357 e. The van der Waals surface area contributed by atoms with Gasteiger partial charge >= 0.3 is 0 Å². The number of rotatable bonds is 5. The molecule has 1 atom stereocenters. The first-order valence-corrected chi connectivity index (χ1v) is 8.23. The number of carbonyl (C=O) groups excluding carboxylic acids is 1. The Labute approximate surface area is 141 Å². The Morgan fingerprint density at radius 1 is 1.42 bits per heavy atom. The van der Waals surface area contributed by atoms with Crippen LogP contribution in [0.4, 0.5) is 8.78 Å². The minimum atomic E-state index is -0.837. The van der Waals surface area contributed by atoms with Crippen molar-refractivity contribution in [3.63, 3.8) is 0 Å². The van der Waals surface area contributed by atoms with Crippen LogP contribution in [0.5, 0.6) is 0 Å². The van der Waals surface area contributed by atoms with Crippen molar-refractivity contribution in [2.24, 2.45) is 4.99 Å². The fraction of sp³-hybridized carbons (Fsp3) is 0.529. The summed E-state index contributed by atoms with van der Waals surface area (Å²) in [5.74, 6) is -0.867. The molecule has 1 aliphatic rings. The van der Waals surface area contributed by atoms with Gasteiger partial charge in [0.2, 0.25) is 5.91 Å². The van der Waals surface area contributed by atoms with Gasteiger partial charge in [-0.2, -0.15) is 0 Å². The minimum absolute atomic E-state index is 0.136. The Morgan fingerprint density at radius 2 is 2.21 bits per heavy atom. The number of likely N-dealkylation sites (N-methyl/N-ethyl adjacent to an activating group) is 1. The van der Waals surface area contributed by atoms with E-state index in [4.69, 9.17) is 0 Å². The Kier molecular flexibility index (Phi) is 6.52. The Hall–Kier alpha value is -2.18. The summed E-state index contributed by atoms with van der Waals surface area (Å²) in [4.78, 5) is 17.6. The normalized spacial score (nSPS) is 18.7. The highest BCUT2D eigenvalue weighted by atomic mass is 19.2. The molecule has 0 aromatic heterocycles. The number of carbonyl (C=O) groups is 1. The summed E-state index contributed by atoms with van der Waals surface area (Å²) in [7, 11) is 1.78. The lowest BCUT2D eigenvalue weighted by atomic mass is 10.1. The molecule has 1 saturated heterocycles. The van der Waals surface area contributed by atoms with Crippen LogP contribution < -0.4 is 10.6 Å². The number of likely N-dealkylation sites (tertiary alicyclic amines) is 1. The van der Waals surface area contributed by atoms with Gasteiger partial charge < -0.3 is 15.5 Å². The van der Waals surface area contributed by atoms with Gasteiger partial charge in [0.1, 0.15) is 0 Å². The average molecular weight is 338 g/mol. The number of aliphatic imine (C=N–C) groups is 1.